The predicted molar refractivity (Wildman–Crippen MR) is 110 cm³/mol. The second kappa shape index (κ2) is 8.54. The second-order valence-corrected chi connectivity index (χ2v) is 7.10. The van der Waals surface area contributed by atoms with E-state index in [0.717, 1.165) is 55.0 Å². The lowest BCUT2D eigenvalue weighted by atomic mass is 10.1. The third-order valence-electron chi connectivity index (χ3n) is 5.24. The van der Waals surface area contributed by atoms with E-state index in [1.54, 1.807) is 0 Å². The maximum absolute atomic E-state index is 12.8. The van der Waals surface area contributed by atoms with Gasteiger partial charge in [0.2, 0.25) is 5.91 Å². The smallest absolute Gasteiger partial charge is 0.244 e. The molecule has 0 aliphatic carbocycles. The summed E-state index contributed by atoms with van der Waals surface area (Å²) >= 11 is 0. The molecule has 3 aromatic rings. The summed E-state index contributed by atoms with van der Waals surface area (Å²) in [6, 6.07) is 17.8. The van der Waals surface area contributed by atoms with E-state index in [1.807, 2.05) is 60.1 Å². The topological polar surface area (TPSA) is 59.4 Å². The molecular formula is C22H26N4O2. The standard InChI is InChI=1S/C22H26N4O2/c1-17(22(27)23-11-12-25-13-15-28-16-14-25)26-20-10-6-5-9-19(20)21(24-26)18-7-3-2-4-8-18/h2-10,17H,11-16H2,1H3,(H,23,27). The number of morpholine rings is 1. The number of fused-ring (bicyclic) bond motifs is 1. The SMILES string of the molecule is CC(C(=O)NCCN1CCOCC1)n1nc(-c2ccccc2)c2ccccc21. The number of hydrogen-bond acceptors (Lipinski definition) is 4. The van der Waals surface area contributed by atoms with Crippen molar-refractivity contribution in [2.45, 2.75) is 13.0 Å². The number of amides is 1. The molecule has 1 atom stereocenters. The number of hydrogen-bond donors (Lipinski definition) is 1. The molecular weight excluding hydrogens is 352 g/mol. The Labute approximate surface area is 165 Å². The monoisotopic (exact) mass is 378 g/mol. The highest BCUT2D eigenvalue weighted by Gasteiger charge is 2.21. The highest BCUT2D eigenvalue weighted by molar-refractivity contribution is 5.94. The summed E-state index contributed by atoms with van der Waals surface area (Å²) in [4.78, 5) is 15.1. The van der Waals surface area contributed by atoms with Crippen LogP contribution in [0.4, 0.5) is 0 Å². The number of benzene rings is 2. The molecule has 1 amide bonds. The van der Waals surface area contributed by atoms with Gasteiger partial charge in [0.15, 0.2) is 0 Å². The molecule has 1 fully saturated rings. The molecule has 1 N–H and O–H groups in total. The van der Waals surface area contributed by atoms with Gasteiger partial charge in [-0.2, -0.15) is 5.10 Å². The number of ether oxygens (including phenoxy) is 1. The fraction of sp³-hybridized carbons (Fsp3) is 0.364. The normalized spacial score (nSPS) is 16.2. The zero-order chi connectivity index (χ0) is 19.3. The molecule has 2 heterocycles. The first-order chi connectivity index (χ1) is 13.7. The first-order valence-electron chi connectivity index (χ1n) is 9.84. The molecule has 0 spiro atoms. The van der Waals surface area contributed by atoms with Gasteiger partial charge in [0.05, 0.1) is 18.7 Å². The quantitative estimate of drug-likeness (QED) is 0.717. The zero-order valence-corrected chi connectivity index (χ0v) is 16.2. The van der Waals surface area contributed by atoms with Crippen LogP contribution in [0.15, 0.2) is 54.6 Å². The number of aromatic nitrogens is 2. The van der Waals surface area contributed by atoms with Crippen LogP contribution in [0, 0.1) is 0 Å². The van der Waals surface area contributed by atoms with Crippen LogP contribution < -0.4 is 5.32 Å². The summed E-state index contributed by atoms with van der Waals surface area (Å²) in [5, 5.41) is 8.92. The maximum atomic E-state index is 12.8. The largest absolute Gasteiger partial charge is 0.379 e. The van der Waals surface area contributed by atoms with Gasteiger partial charge in [0.1, 0.15) is 11.7 Å². The van der Waals surface area contributed by atoms with Gasteiger partial charge in [-0.05, 0) is 13.0 Å². The van der Waals surface area contributed by atoms with Crippen molar-refractivity contribution in [3.63, 3.8) is 0 Å². The molecule has 1 aliphatic heterocycles. The molecule has 6 nitrogen and oxygen atoms in total. The molecule has 6 heteroatoms. The highest BCUT2D eigenvalue weighted by Crippen LogP contribution is 2.29. The third-order valence-corrected chi connectivity index (χ3v) is 5.24. The Balaban J connectivity index is 1.50. The van der Waals surface area contributed by atoms with Crippen molar-refractivity contribution in [1.82, 2.24) is 20.0 Å². The lowest BCUT2D eigenvalue weighted by molar-refractivity contribution is -0.124. The van der Waals surface area contributed by atoms with Crippen molar-refractivity contribution in [3.8, 4) is 11.3 Å². The van der Waals surface area contributed by atoms with Crippen LogP contribution in [0.1, 0.15) is 13.0 Å². The Morgan fingerprint density at radius 2 is 1.82 bits per heavy atom. The van der Waals surface area contributed by atoms with Crippen molar-refractivity contribution in [1.29, 1.82) is 0 Å². The van der Waals surface area contributed by atoms with Gasteiger partial charge in [0, 0.05) is 37.1 Å². The van der Waals surface area contributed by atoms with Crippen LogP contribution in [0.25, 0.3) is 22.2 Å². The Morgan fingerprint density at radius 3 is 2.61 bits per heavy atom. The first kappa shape index (κ1) is 18.7. The van der Waals surface area contributed by atoms with E-state index in [9.17, 15) is 4.79 Å². The molecule has 28 heavy (non-hydrogen) atoms. The fourth-order valence-corrected chi connectivity index (χ4v) is 3.61. The minimum absolute atomic E-state index is 0.0128. The van der Waals surface area contributed by atoms with Gasteiger partial charge in [-0.1, -0.05) is 48.5 Å². The van der Waals surface area contributed by atoms with Gasteiger partial charge in [0.25, 0.3) is 0 Å². The Hall–Kier alpha value is -2.70. The van der Waals surface area contributed by atoms with Gasteiger partial charge < -0.3 is 10.1 Å². The van der Waals surface area contributed by atoms with E-state index in [4.69, 9.17) is 9.84 Å². The van der Waals surface area contributed by atoms with E-state index >= 15 is 0 Å². The van der Waals surface area contributed by atoms with Crippen LogP contribution in [0.5, 0.6) is 0 Å². The molecule has 1 aromatic heterocycles. The molecule has 4 rings (SSSR count). The van der Waals surface area contributed by atoms with Crippen molar-refractivity contribution in [2.24, 2.45) is 0 Å². The van der Waals surface area contributed by atoms with E-state index in [1.165, 1.54) is 0 Å². The van der Waals surface area contributed by atoms with Crippen LogP contribution in [0.3, 0.4) is 0 Å². The number of nitrogens with one attached hydrogen (secondary N) is 1. The molecule has 1 unspecified atom stereocenters. The van der Waals surface area contributed by atoms with Crippen LogP contribution in [-0.2, 0) is 9.53 Å². The first-order valence-corrected chi connectivity index (χ1v) is 9.84. The lowest BCUT2D eigenvalue weighted by Gasteiger charge is -2.26. The van der Waals surface area contributed by atoms with Crippen LogP contribution in [-0.4, -0.2) is 60.0 Å². The summed E-state index contributed by atoms with van der Waals surface area (Å²) in [5.74, 6) is -0.0128. The van der Waals surface area contributed by atoms with E-state index < -0.39 is 0 Å². The van der Waals surface area contributed by atoms with Gasteiger partial charge >= 0.3 is 0 Å². The maximum Gasteiger partial charge on any atom is 0.244 e. The van der Waals surface area contributed by atoms with Gasteiger partial charge in [-0.3, -0.25) is 14.4 Å². The van der Waals surface area contributed by atoms with Crippen molar-refractivity contribution in [2.75, 3.05) is 39.4 Å². The Morgan fingerprint density at radius 1 is 1.11 bits per heavy atom. The number of carbonyl (C=O) groups excluding carboxylic acids is 1. The Bertz CT molecular complexity index is 932. The van der Waals surface area contributed by atoms with E-state index in [-0.39, 0.29) is 11.9 Å². The molecule has 2 aromatic carbocycles. The Kier molecular flexibility index (Phi) is 5.69. The molecule has 1 aliphatic rings. The van der Waals surface area contributed by atoms with Crippen LogP contribution >= 0.6 is 0 Å². The summed E-state index contributed by atoms with van der Waals surface area (Å²) < 4.78 is 7.20. The zero-order valence-electron chi connectivity index (χ0n) is 16.2. The number of para-hydroxylation sites is 1. The van der Waals surface area contributed by atoms with Crippen molar-refractivity contribution < 1.29 is 9.53 Å². The highest BCUT2D eigenvalue weighted by atomic mass is 16.5. The summed E-state index contributed by atoms with van der Waals surface area (Å²) in [6.45, 7) is 6.77. The van der Waals surface area contributed by atoms with Crippen LogP contribution in [0.2, 0.25) is 0 Å². The predicted octanol–water partition coefficient (Wildman–Crippen LogP) is 2.71. The molecule has 0 bridgehead atoms. The summed E-state index contributed by atoms with van der Waals surface area (Å²) in [6.07, 6.45) is 0. The minimum Gasteiger partial charge on any atom is -0.379 e. The lowest BCUT2D eigenvalue weighted by Crippen LogP contribution is -2.42. The second-order valence-electron chi connectivity index (χ2n) is 7.10. The van der Waals surface area contributed by atoms with E-state index in [2.05, 4.69) is 16.3 Å². The number of rotatable bonds is 6. The molecule has 0 radical (unpaired) electrons. The summed E-state index contributed by atoms with van der Waals surface area (Å²) in [5.41, 5.74) is 2.93. The van der Waals surface area contributed by atoms with Crippen molar-refractivity contribution in [3.05, 3.63) is 54.6 Å². The molecule has 146 valence electrons. The summed E-state index contributed by atoms with van der Waals surface area (Å²) in [7, 11) is 0. The number of carbonyl (C=O) groups is 1. The average Bonchev–Trinajstić information content (AvgIpc) is 3.14. The third kappa shape index (κ3) is 3.93. The molecule has 0 saturated carbocycles. The fourth-order valence-electron chi connectivity index (χ4n) is 3.61. The average molecular weight is 378 g/mol. The molecule has 1 saturated heterocycles. The van der Waals surface area contributed by atoms with Gasteiger partial charge in [-0.15, -0.1) is 0 Å². The van der Waals surface area contributed by atoms with Gasteiger partial charge in [-0.25, -0.2) is 0 Å². The minimum atomic E-state index is -0.382. The van der Waals surface area contributed by atoms with Crippen molar-refractivity contribution >= 4 is 16.8 Å². The number of nitrogens with zero attached hydrogens (tertiary/aromatic N) is 3. The van der Waals surface area contributed by atoms with E-state index in [0.29, 0.717) is 6.54 Å².